The van der Waals surface area contributed by atoms with Gasteiger partial charge in [-0.1, -0.05) is 0 Å². The zero-order chi connectivity index (χ0) is 13.0. The first-order valence-electron chi connectivity index (χ1n) is 6.28. The smallest absolute Gasteiger partial charge is 0.256 e. The van der Waals surface area contributed by atoms with Crippen LogP contribution in [0.15, 0.2) is 6.20 Å². The third-order valence-electron chi connectivity index (χ3n) is 3.29. The summed E-state index contributed by atoms with van der Waals surface area (Å²) < 4.78 is 4.05. The number of carbonyl (C=O) groups excluding carboxylic acids is 1. The van der Waals surface area contributed by atoms with Gasteiger partial charge in [0.15, 0.2) is 0 Å². The summed E-state index contributed by atoms with van der Waals surface area (Å²) in [7, 11) is 1.86. The van der Waals surface area contributed by atoms with Crippen LogP contribution in [0.1, 0.15) is 15.2 Å². The molecule has 1 aromatic rings. The van der Waals surface area contributed by atoms with Gasteiger partial charge < -0.3 is 10.2 Å². The third-order valence-corrected chi connectivity index (χ3v) is 3.99. The maximum atomic E-state index is 12.2. The maximum Gasteiger partial charge on any atom is 0.256 e. The Bertz CT molecular complexity index is 401. The molecule has 0 radical (unpaired) electrons. The number of nitrogens with one attached hydrogen (secondary N) is 1. The van der Waals surface area contributed by atoms with Gasteiger partial charge in [-0.15, -0.1) is 0 Å². The van der Waals surface area contributed by atoms with E-state index in [-0.39, 0.29) is 5.91 Å². The second-order valence-corrected chi connectivity index (χ2v) is 5.62. The normalized spacial score (nSPS) is 16.8. The van der Waals surface area contributed by atoms with E-state index in [2.05, 4.69) is 14.6 Å². The Morgan fingerprint density at radius 1 is 1.56 bits per heavy atom. The molecule has 2 rings (SSSR count). The first-order valence-corrected chi connectivity index (χ1v) is 7.05. The minimum atomic E-state index is 0.0800. The van der Waals surface area contributed by atoms with Gasteiger partial charge in [0.1, 0.15) is 0 Å². The van der Waals surface area contributed by atoms with E-state index in [0.717, 1.165) is 49.7 Å². The van der Waals surface area contributed by atoms with Gasteiger partial charge in [0, 0.05) is 51.2 Å². The number of piperazine rings is 1. The summed E-state index contributed by atoms with van der Waals surface area (Å²) in [6.45, 7) is 7.89. The van der Waals surface area contributed by atoms with Gasteiger partial charge in [0.25, 0.3) is 5.91 Å². The molecule has 1 saturated heterocycles. The Hall–Kier alpha value is -0.980. The van der Waals surface area contributed by atoms with Gasteiger partial charge in [-0.25, -0.2) is 4.37 Å². The molecular weight excluding hydrogens is 248 g/mol. The Kier molecular flexibility index (Phi) is 4.68. The van der Waals surface area contributed by atoms with Crippen molar-refractivity contribution in [1.29, 1.82) is 0 Å². The summed E-state index contributed by atoms with van der Waals surface area (Å²) in [6, 6.07) is 0. The molecule has 0 aromatic carbocycles. The lowest BCUT2D eigenvalue weighted by molar-refractivity contribution is 0.0774. The molecule has 1 aliphatic rings. The van der Waals surface area contributed by atoms with Crippen LogP contribution < -0.4 is 5.32 Å². The van der Waals surface area contributed by atoms with E-state index in [9.17, 15) is 4.79 Å². The van der Waals surface area contributed by atoms with Gasteiger partial charge in [0.05, 0.1) is 11.8 Å². The van der Waals surface area contributed by atoms with Crippen molar-refractivity contribution in [3.63, 3.8) is 0 Å². The quantitative estimate of drug-likeness (QED) is 0.860. The number of likely N-dealkylation sites (N-methyl/N-ethyl adjacent to an activating group) is 1. The fourth-order valence-corrected chi connectivity index (χ4v) is 2.59. The summed E-state index contributed by atoms with van der Waals surface area (Å²) in [5, 5.41) is 3.33. The third kappa shape index (κ3) is 3.28. The van der Waals surface area contributed by atoms with E-state index in [1.165, 1.54) is 11.5 Å². The van der Waals surface area contributed by atoms with Crippen LogP contribution in [0.25, 0.3) is 0 Å². The van der Waals surface area contributed by atoms with E-state index in [4.69, 9.17) is 0 Å². The molecule has 0 bridgehead atoms. The number of aryl methyl sites for hydroxylation is 1. The number of amides is 1. The number of nitrogens with zero attached hydrogens (tertiary/aromatic N) is 3. The molecule has 1 aromatic heterocycles. The minimum absolute atomic E-state index is 0.0800. The first-order chi connectivity index (χ1) is 8.68. The lowest BCUT2D eigenvalue weighted by atomic mass is 10.2. The summed E-state index contributed by atoms with van der Waals surface area (Å²) in [4.78, 5) is 17.3. The average molecular weight is 268 g/mol. The molecule has 2 heterocycles. The number of carbonyl (C=O) groups is 1. The van der Waals surface area contributed by atoms with Crippen LogP contribution in [0.5, 0.6) is 0 Å². The maximum absolute atomic E-state index is 12.2. The van der Waals surface area contributed by atoms with Crippen molar-refractivity contribution in [3.8, 4) is 0 Å². The van der Waals surface area contributed by atoms with Crippen LogP contribution in [0.2, 0.25) is 0 Å². The van der Waals surface area contributed by atoms with Crippen LogP contribution in [0, 0.1) is 6.92 Å². The topological polar surface area (TPSA) is 48.5 Å². The predicted octanol–water partition coefficient (Wildman–Crippen LogP) is 0.429. The summed E-state index contributed by atoms with van der Waals surface area (Å²) >= 11 is 1.38. The molecule has 100 valence electrons. The summed E-state index contributed by atoms with van der Waals surface area (Å²) in [5.41, 5.74) is 0.739. The fraction of sp³-hybridized carbons (Fsp3) is 0.667. The molecule has 1 amide bonds. The minimum Gasteiger partial charge on any atom is -0.340 e. The van der Waals surface area contributed by atoms with Gasteiger partial charge in [-0.3, -0.25) is 9.69 Å². The molecule has 1 fully saturated rings. The van der Waals surface area contributed by atoms with Crippen LogP contribution in [0.4, 0.5) is 0 Å². The largest absolute Gasteiger partial charge is 0.340 e. The Morgan fingerprint density at radius 3 is 2.89 bits per heavy atom. The molecule has 0 spiro atoms. The van der Waals surface area contributed by atoms with Gasteiger partial charge >= 0.3 is 0 Å². The molecule has 0 atom stereocenters. The molecule has 0 aliphatic carbocycles. The predicted molar refractivity (Wildman–Crippen MR) is 73.1 cm³/mol. The van der Waals surface area contributed by atoms with Crippen LogP contribution in [0.3, 0.4) is 0 Å². The lowest BCUT2D eigenvalue weighted by Crippen LogP contribution is -2.46. The van der Waals surface area contributed by atoms with Crippen LogP contribution in [-0.4, -0.2) is 66.4 Å². The molecule has 18 heavy (non-hydrogen) atoms. The van der Waals surface area contributed by atoms with Crippen molar-refractivity contribution in [1.82, 2.24) is 19.5 Å². The van der Waals surface area contributed by atoms with Crippen LogP contribution >= 0.6 is 11.5 Å². The highest BCUT2D eigenvalue weighted by molar-refractivity contribution is 7.06. The Balaban J connectivity index is 1.82. The fourth-order valence-electron chi connectivity index (χ4n) is 2.04. The molecule has 0 saturated carbocycles. The summed E-state index contributed by atoms with van der Waals surface area (Å²) in [5.74, 6) is 0.0800. The van der Waals surface area contributed by atoms with Crippen molar-refractivity contribution in [2.75, 3.05) is 46.3 Å². The summed E-state index contributed by atoms with van der Waals surface area (Å²) in [6.07, 6.45) is 1.67. The van der Waals surface area contributed by atoms with Gasteiger partial charge in [-0.05, 0) is 18.5 Å². The molecule has 6 heteroatoms. The highest BCUT2D eigenvalue weighted by Crippen LogP contribution is 2.13. The van der Waals surface area contributed by atoms with E-state index < -0.39 is 0 Å². The molecule has 0 unspecified atom stereocenters. The van der Waals surface area contributed by atoms with E-state index in [1.807, 2.05) is 14.0 Å². The van der Waals surface area contributed by atoms with Gasteiger partial charge in [0.2, 0.25) is 0 Å². The van der Waals surface area contributed by atoms with Crippen molar-refractivity contribution in [2.24, 2.45) is 0 Å². The second kappa shape index (κ2) is 6.26. The molecule has 1 N–H and O–H groups in total. The lowest BCUT2D eigenvalue weighted by Gasteiger charge is -2.29. The second-order valence-electron chi connectivity index (χ2n) is 4.61. The van der Waals surface area contributed by atoms with Crippen LogP contribution in [-0.2, 0) is 0 Å². The SMILES string of the molecule is Cc1sncc1C(=O)N(C)CCN1CCNCC1. The Labute approximate surface area is 112 Å². The number of hydrogen-bond donors (Lipinski definition) is 1. The number of aromatic nitrogens is 1. The van der Waals surface area contributed by atoms with Crippen molar-refractivity contribution >= 4 is 17.4 Å². The number of rotatable bonds is 4. The highest BCUT2D eigenvalue weighted by atomic mass is 32.1. The van der Waals surface area contributed by atoms with E-state index in [1.54, 1.807) is 11.1 Å². The average Bonchev–Trinajstić information content (AvgIpc) is 2.82. The first kappa shape index (κ1) is 13.5. The highest BCUT2D eigenvalue weighted by Gasteiger charge is 2.17. The Morgan fingerprint density at radius 2 is 2.28 bits per heavy atom. The van der Waals surface area contributed by atoms with Crippen molar-refractivity contribution in [3.05, 3.63) is 16.6 Å². The monoisotopic (exact) mass is 268 g/mol. The van der Waals surface area contributed by atoms with E-state index >= 15 is 0 Å². The standard InChI is InChI=1S/C12H20N4OS/c1-10-11(9-14-18-10)12(17)15(2)7-8-16-5-3-13-4-6-16/h9,13H,3-8H2,1-2H3. The number of hydrogen-bond acceptors (Lipinski definition) is 5. The van der Waals surface area contributed by atoms with Crippen molar-refractivity contribution in [2.45, 2.75) is 6.92 Å². The zero-order valence-corrected chi connectivity index (χ0v) is 11.8. The van der Waals surface area contributed by atoms with Gasteiger partial charge in [-0.2, -0.15) is 0 Å². The molecule has 1 aliphatic heterocycles. The zero-order valence-electron chi connectivity index (χ0n) is 11.0. The molecule has 5 nitrogen and oxygen atoms in total. The van der Waals surface area contributed by atoms with Crippen molar-refractivity contribution < 1.29 is 4.79 Å². The van der Waals surface area contributed by atoms with E-state index in [0.29, 0.717) is 0 Å². The molecular formula is C12H20N4OS.